The highest BCUT2D eigenvalue weighted by Gasteiger charge is 2.44. The van der Waals surface area contributed by atoms with Gasteiger partial charge in [0.25, 0.3) is 5.91 Å². The van der Waals surface area contributed by atoms with Crippen molar-refractivity contribution in [1.29, 1.82) is 0 Å². The Balaban J connectivity index is 1.43. The molecule has 0 bridgehead atoms. The van der Waals surface area contributed by atoms with E-state index in [1.54, 1.807) is 28.9 Å². The fraction of sp³-hybridized carbons (Fsp3) is 0.448. The Labute approximate surface area is 219 Å². The number of sulfone groups is 1. The molecular weight excluding hydrogens is 484 g/mol. The number of anilines is 2. The van der Waals surface area contributed by atoms with Crippen molar-refractivity contribution in [2.75, 3.05) is 29.1 Å². The lowest BCUT2D eigenvalue weighted by molar-refractivity contribution is 0.102. The first-order chi connectivity index (χ1) is 17.4. The van der Waals surface area contributed by atoms with Crippen LogP contribution in [0, 0.1) is 10.8 Å². The second-order valence-corrected chi connectivity index (χ2v) is 13.9. The minimum Gasteiger partial charge on any atom is -0.371 e. The van der Waals surface area contributed by atoms with Crippen LogP contribution in [0.3, 0.4) is 0 Å². The molecule has 2 aromatic carbocycles. The number of carbonyl (C=O) groups excluding carboxylic acids is 1. The van der Waals surface area contributed by atoms with Crippen LogP contribution in [-0.2, 0) is 16.9 Å². The number of carbonyl (C=O) groups is 1. The topological polar surface area (TPSA) is 84.3 Å². The van der Waals surface area contributed by atoms with E-state index in [1.165, 1.54) is 12.8 Å². The fourth-order valence-corrected chi connectivity index (χ4v) is 7.15. The molecule has 3 aromatic rings. The van der Waals surface area contributed by atoms with Crippen molar-refractivity contribution < 1.29 is 13.2 Å². The quantitative estimate of drug-likeness (QED) is 0.461. The number of amides is 1. The average Bonchev–Trinajstić information content (AvgIpc) is 3.44. The van der Waals surface area contributed by atoms with Crippen LogP contribution in [0.15, 0.2) is 59.8 Å². The highest BCUT2D eigenvalue weighted by Crippen LogP contribution is 2.54. The molecule has 7 nitrogen and oxygen atoms in total. The molecule has 0 unspecified atom stereocenters. The summed E-state index contributed by atoms with van der Waals surface area (Å²) in [5.41, 5.74) is 4.14. The van der Waals surface area contributed by atoms with E-state index in [0.717, 1.165) is 42.7 Å². The summed E-state index contributed by atoms with van der Waals surface area (Å²) in [4.78, 5) is 16.1. The summed E-state index contributed by atoms with van der Waals surface area (Å²) in [5.74, 6) is -0.210. The third-order valence-corrected chi connectivity index (χ3v) is 9.69. The number of nitrogens with one attached hydrogen (secondary N) is 1. The third-order valence-electron chi connectivity index (χ3n) is 7.48. The molecule has 2 aliphatic rings. The fourth-order valence-electron chi connectivity index (χ4n) is 5.25. The van der Waals surface area contributed by atoms with Crippen LogP contribution >= 0.6 is 0 Å². The van der Waals surface area contributed by atoms with Gasteiger partial charge >= 0.3 is 0 Å². The number of nitrogens with zero attached hydrogens (tertiary/aromatic N) is 3. The van der Waals surface area contributed by atoms with E-state index in [9.17, 15) is 13.2 Å². The van der Waals surface area contributed by atoms with E-state index in [-0.39, 0.29) is 22.0 Å². The van der Waals surface area contributed by atoms with Crippen molar-refractivity contribution in [3.63, 3.8) is 0 Å². The van der Waals surface area contributed by atoms with Crippen molar-refractivity contribution in [3.8, 4) is 11.1 Å². The first kappa shape index (κ1) is 25.5. The number of piperidine rings is 1. The Morgan fingerprint density at radius 2 is 1.76 bits per heavy atom. The first-order valence-electron chi connectivity index (χ1n) is 13.0. The number of benzene rings is 2. The molecule has 0 atom stereocenters. The Hall–Kier alpha value is -3.13. The maximum Gasteiger partial charge on any atom is 0.257 e. The molecule has 1 saturated carbocycles. The summed E-state index contributed by atoms with van der Waals surface area (Å²) in [5, 5.41) is 7.26. The van der Waals surface area contributed by atoms with Crippen LogP contribution in [0.1, 0.15) is 56.8 Å². The molecule has 1 aliphatic carbocycles. The zero-order valence-electron chi connectivity index (χ0n) is 22.1. The van der Waals surface area contributed by atoms with Crippen LogP contribution in [0.4, 0.5) is 11.4 Å². The van der Waals surface area contributed by atoms with Crippen LogP contribution in [0.5, 0.6) is 0 Å². The zero-order chi connectivity index (χ0) is 26.4. The van der Waals surface area contributed by atoms with Gasteiger partial charge in [-0.05, 0) is 72.4 Å². The summed E-state index contributed by atoms with van der Waals surface area (Å²) in [6, 6.07) is 12.5. The monoisotopic (exact) mass is 520 g/mol. The van der Waals surface area contributed by atoms with E-state index in [0.29, 0.717) is 16.7 Å². The second-order valence-electron chi connectivity index (χ2n) is 11.9. The number of rotatable bonds is 6. The summed E-state index contributed by atoms with van der Waals surface area (Å²) >= 11 is 0. The van der Waals surface area contributed by atoms with Crippen molar-refractivity contribution in [2.24, 2.45) is 17.9 Å². The number of hydrogen-bond acceptors (Lipinski definition) is 5. The van der Waals surface area contributed by atoms with Crippen molar-refractivity contribution in [3.05, 3.63) is 60.4 Å². The molecule has 37 heavy (non-hydrogen) atoms. The van der Waals surface area contributed by atoms with Crippen LogP contribution in [0.25, 0.3) is 11.1 Å². The van der Waals surface area contributed by atoms with Gasteiger partial charge in [0.1, 0.15) is 0 Å². The SMILES string of the molecule is Cn1cc(-c2ccc(C(=O)Nc3cccc(S(=O)(=O)CC(C)(C)C)c3)c(N3CCC4(CC3)CC4)c2)cn1. The summed E-state index contributed by atoms with van der Waals surface area (Å²) in [6.07, 6.45) is 8.74. The van der Waals surface area contributed by atoms with Gasteiger partial charge in [0, 0.05) is 37.6 Å². The molecule has 5 rings (SSSR count). The zero-order valence-corrected chi connectivity index (χ0v) is 22.9. The molecule has 1 saturated heterocycles. The summed E-state index contributed by atoms with van der Waals surface area (Å²) in [7, 11) is -1.58. The highest BCUT2D eigenvalue weighted by atomic mass is 32.2. The van der Waals surface area contributed by atoms with Gasteiger partial charge in [-0.1, -0.05) is 32.9 Å². The predicted molar refractivity (Wildman–Crippen MR) is 148 cm³/mol. The van der Waals surface area contributed by atoms with Gasteiger partial charge in [-0.3, -0.25) is 9.48 Å². The van der Waals surface area contributed by atoms with Gasteiger partial charge in [-0.25, -0.2) is 8.42 Å². The summed E-state index contributed by atoms with van der Waals surface area (Å²) in [6.45, 7) is 7.56. The Kier molecular flexibility index (Phi) is 6.42. The molecule has 1 amide bonds. The van der Waals surface area contributed by atoms with E-state index in [2.05, 4.69) is 21.4 Å². The van der Waals surface area contributed by atoms with E-state index < -0.39 is 9.84 Å². The Morgan fingerprint density at radius 3 is 2.38 bits per heavy atom. The minimum absolute atomic E-state index is 0.0355. The van der Waals surface area contributed by atoms with Gasteiger partial charge < -0.3 is 10.2 Å². The summed E-state index contributed by atoms with van der Waals surface area (Å²) < 4.78 is 27.6. The van der Waals surface area contributed by atoms with Gasteiger partial charge in [0.2, 0.25) is 0 Å². The molecule has 2 fully saturated rings. The smallest absolute Gasteiger partial charge is 0.257 e. The lowest BCUT2D eigenvalue weighted by Crippen LogP contribution is -2.35. The van der Waals surface area contributed by atoms with Gasteiger partial charge in [-0.15, -0.1) is 0 Å². The lowest BCUT2D eigenvalue weighted by Gasteiger charge is -2.35. The third kappa shape index (κ3) is 5.74. The number of aromatic nitrogens is 2. The van der Waals surface area contributed by atoms with Gasteiger partial charge in [0.15, 0.2) is 9.84 Å². The van der Waals surface area contributed by atoms with Gasteiger partial charge in [-0.2, -0.15) is 5.10 Å². The maximum absolute atomic E-state index is 13.6. The Bertz CT molecular complexity index is 1420. The molecule has 1 N–H and O–H groups in total. The largest absolute Gasteiger partial charge is 0.371 e. The van der Waals surface area contributed by atoms with Gasteiger partial charge in [0.05, 0.1) is 28.1 Å². The molecule has 1 aliphatic heterocycles. The Morgan fingerprint density at radius 1 is 1.03 bits per heavy atom. The standard InChI is InChI=1S/C29H36N4O3S/c1-28(2,3)20-37(35,36)24-7-5-6-23(17-24)31-27(34)25-9-8-21(22-18-30-32(4)19-22)16-26(25)33-14-12-29(10-11-29)13-15-33/h5-9,16-19H,10-15,20H2,1-4H3,(H,31,34). The van der Waals surface area contributed by atoms with Crippen LogP contribution in [-0.4, -0.2) is 42.9 Å². The molecule has 2 heterocycles. The normalized spacial score (nSPS) is 17.1. The van der Waals surface area contributed by atoms with Crippen LogP contribution < -0.4 is 10.2 Å². The van der Waals surface area contributed by atoms with E-state index >= 15 is 0 Å². The van der Waals surface area contributed by atoms with E-state index in [4.69, 9.17) is 0 Å². The van der Waals surface area contributed by atoms with Crippen LogP contribution in [0.2, 0.25) is 0 Å². The molecule has 1 aromatic heterocycles. The average molecular weight is 521 g/mol. The molecule has 1 spiro atoms. The van der Waals surface area contributed by atoms with Crippen molar-refractivity contribution >= 4 is 27.1 Å². The number of aryl methyl sites for hydroxylation is 1. The molecule has 0 radical (unpaired) electrons. The highest BCUT2D eigenvalue weighted by molar-refractivity contribution is 7.91. The number of hydrogen-bond donors (Lipinski definition) is 1. The lowest BCUT2D eigenvalue weighted by atomic mass is 9.92. The van der Waals surface area contributed by atoms with E-state index in [1.807, 2.05) is 52.3 Å². The minimum atomic E-state index is -3.47. The predicted octanol–water partition coefficient (Wildman–Crippen LogP) is 5.54. The first-order valence-corrected chi connectivity index (χ1v) is 14.6. The second kappa shape index (κ2) is 9.31. The molecular formula is C29H36N4O3S. The maximum atomic E-state index is 13.6. The van der Waals surface area contributed by atoms with Crippen molar-refractivity contribution in [1.82, 2.24) is 9.78 Å². The molecule has 8 heteroatoms. The molecule has 196 valence electrons. The van der Waals surface area contributed by atoms with Crippen molar-refractivity contribution in [2.45, 2.75) is 51.3 Å².